The summed E-state index contributed by atoms with van der Waals surface area (Å²) in [5.74, 6) is 2.56. The summed E-state index contributed by atoms with van der Waals surface area (Å²) in [6.07, 6.45) is 4.82. The molecule has 0 saturated heterocycles. The Morgan fingerprint density at radius 3 is 2.41 bits per heavy atom. The Morgan fingerprint density at radius 2 is 1.86 bits per heavy atom. The van der Waals surface area contributed by atoms with Crippen LogP contribution in [0.15, 0.2) is 23.2 Å². The van der Waals surface area contributed by atoms with Crippen LogP contribution < -0.4 is 20.1 Å². The maximum absolute atomic E-state index is 12.7. The summed E-state index contributed by atoms with van der Waals surface area (Å²) in [6.45, 7) is 1.30. The van der Waals surface area contributed by atoms with Gasteiger partial charge < -0.3 is 25.0 Å². The van der Waals surface area contributed by atoms with Crippen molar-refractivity contribution in [1.29, 1.82) is 0 Å². The fourth-order valence-electron chi connectivity index (χ4n) is 3.86. The highest BCUT2D eigenvalue weighted by Gasteiger charge is 2.42. The number of guanidine groups is 1. The van der Waals surface area contributed by atoms with Crippen molar-refractivity contribution < 1.29 is 14.3 Å². The van der Waals surface area contributed by atoms with Gasteiger partial charge in [0, 0.05) is 34.2 Å². The number of hydrogen-bond acceptors (Lipinski definition) is 4. The van der Waals surface area contributed by atoms with Crippen LogP contribution in [0.1, 0.15) is 31.2 Å². The van der Waals surface area contributed by atoms with Crippen molar-refractivity contribution in [2.75, 3.05) is 48.5 Å². The first-order valence-corrected chi connectivity index (χ1v) is 9.83. The van der Waals surface area contributed by atoms with Crippen LogP contribution in [0.4, 0.5) is 0 Å². The number of rotatable bonds is 8. The van der Waals surface area contributed by atoms with E-state index in [1.54, 1.807) is 26.2 Å². The van der Waals surface area contributed by atoms with E-state index in [-0.39, 0.29) is 35.3 Å². The zero-order valence-corrected chi connectivity index (χ0v) is 20.5. The van der Waals surface area contributed by atoms with Crippen molar-refractivity contribution in [3.8, 4) is 11.5 Å². The van der Waals surface area contributed by atoms with E-state index in [1.807, 2.05) is 32.3 Å². The summed E-state index contributed by atoms with van der Waals surface area (Å²) in [5, 5.41) is 6.69. The van der Waals surface area contributed by atoms with Gasteiger partial charge in [0.1, 0.15) is 11.5 Å². The van der Waals surface area contributed by atoms with E-state index in [1.165, 1.54) is 0 Å². The van der Waals surface area contributed by atoms with Crippen molar-refractivity contribution >= 4 is 35.8 Å². The molecule has 8 heteroatoms. The van der Waals surface area contributed by atoms with Gasteiger partial charge in [0.2, 0.25) is 5.91 Å². The fourth-order valence-corrected chi connectivity index (χ4v) is 3.86. The quantitative estimate of drug-likeness (QED) is 0.315. The molecule has 1 amide bonds. The summed E-state index contributed by atoms with van der Waals surface area (Å²) < 4.78 is 10.7. The number of nitrogens with one attached hydrogen (secondary N) is 2. The molecule has 0 aliphatic heterocycles. The van der Waals surface area contributed by atoms with E-state index in [2.05, 4.69) is 15.6 Å². The zero-order chi connectivity index (χ0) is 20.6. The number of methoxy groups -OCH3 is 2. The molecule has 1 fully saturated rings. The number of hydrogen-bond donors (Lipinski definition) is 2. The largest absolute Gasteiger partial charge is 0.497 e. The number of ether oxygens (including phenoxy) is 2. The monoisotopic (exact) mass is 518 g/mol. The van der Waals surface area contributed by atoms with Crippen LogP contribution in [0, 0.1) is 5.41 Å². The first kappa shape index (κ1) is 25.3. The number of benzene rings is 1. The van der Waals surface area contributed by atoms with Crippen molar-refractivity contribution in [2.24, 2.45) is 10.4 Å². The minimum absolute atomic E-state index is 0. The lowest BCUT2D eigenvalue weighted by atomic mass is 9.84. The number of carbonyl (C=O) groups is 1. The number of halogens is 1. The van der Waals surface area contributed by atoms with Crippen LogP contribution >= 0.6 is 24.0 Å². The van der Waals surface area contributed by atoms with E-state index in [9.17, 15) is 4.79 Å². The van der Waals surface area contributed by atoms with Crippen molar-refractivity contribution in [1.82, 2.24) is 15.5 Å². The molecule has 0 aromatic heterocycles. The van der Waals surface area contributed by atoms with Crippen LogP contribution in [0.25, 0.3) is 0 Å². The molecular weight excluding hydrogens is 483 g/mol. The molecule has 1 aliphatic carbocycles. The molecule has 0 radical (unpaired) electrons. The summed E-state index contributed by atoms with van der Waals surface area (Å²) in [7, 11) is 8.73. The SMILES string of the molecule is CN=C(NCCc1cc(OC)ccc1OC)NCC1(C(=O)N(C)C)CCCC1.I. The first-order valence-electron chi connectivity index (χ1n) is 9.83. The highest BCUT2D eigenvalue weighted by atomic mass is 127. The Morgan fingerprint density at radius 1 is 1.17 bits per heavy atom. The van der Waals surface area contributed by atoms with Crippen molar-refractivity contribution in [3.05, 3.63) is 23.8 Å². The van der Waals surface area contributed by atoms with Gasteiger partial charge in [0.15, 0.2) is 5.96 Å². The minimum atomic E-state index is -0.322. The van der Waals surface area contributed by atoms with Gasteiger partial charge in [0.25, 0.3) is 0 Å². The first-order chi connectivity index (χ1) is 13.5. The van der Waals surface area contributed by atoms with Crippen LogP contribution in [-0.4, -0.2) is 65.2 Å². The smallest absolute Gasteiger partial charge is 0.230 e. The van der Waals surface area contributed by atoms with Gasteiger partial charge in [-0.1, -0.05) is 12.8 Å². The lowest BCUT2D eigenvalue weighted by Gasteiger charge is -2.31. The van der Waals surface area contributed by atoms with Crippen LogP contribution in [0.2, 0.25) is 0 Å². The van der Waals surface area contributed by atoms with Gasteiger partial charge in [0.05, 0.1) is 19.6 Å². The molecule has 1 saturated carbocycles. The molecule has 0 atom stereocenters. The maximum atomic E-state index is 12.7. The third kappa shape index (κ3) is 6.65. The highest BCUT2D eigenvalue weighted by Crippen LogP contribution is 2.38. The molecule has 1 aliphatic rings. The molecule has 0 heterocycles. The van der Waals surface area contributed by atoms with Crippen LogP contribution in [0.5, 0.6) is 11.5 Å². The zero-order valence-electron chi connectivity index (χ0n) is 18.2. The summed E-state index contributed by atoms with van der Waals surface area (Å²) >= 11 is 0. The second kappa shape index (κ2) is 12.1. The number of amides is 1. The summed E-state index contributed by atoms with van der Waals surface area (Å²) in [4.78, 5) is 18.7. The lowest BCUT2D eigenvalue weighted by Crippen LogP contribution is -2.49. The molecule has 0 bridgehead atoms. The lowest BCUT2D eigenvalue weighted by molar-refractivity contribution is -0.138. The van der Waals surface area contributed by atoms with E-state index in [4.69, 9.17) is 9.47 Å². The number of aliphatic imine (C=N–C) groups is 1. The molecule has 29 heavy (non-hydrogen) atoms. The Labute approximate surface area is 191 Å². The Balaban J connectivity index is 0.00000420. The van der Waals surface area contributed by atoms with Gasteiger partial charge in [-0.25, -0.2) is 0 Å². The normalized spacial score (nSPS) is 15.3. The minimum Gasteiger partial charge on any atom is -0.497 e. The standard InChI is InChI=1S/C21H34N4O3.HI/c1-22-20(24-15-21(11-6-7-12-21)19(26)25(2)3)23-13-10-16-14-17(27-4)8-9-18(16)28-5;/h8-9,14H,6-7,10-13,15H2,1-5H3,(H2,22,23,24);1H. The second-order valence-corrected chi connectivity index (χ2v) is 7.47. The van der Waals surface area contributed by atoms with E-state index < -0.39 is 0 Å². The Hall–Kier alpha value is -1.71. The molecule has 0 spiro atoms. The maximum Gasteiger partial charge on any atom is 0.230 e. The Kier molecular flexibility index (Phi) is 10.6. The van der Waals surface area contributed by atoms with E-state index >= 15 is 0 Å². The predicted octanol–water partition coefficient (Wildman–Crippen LogP) is 2.68. The van der Waals surface area contributed by atoms with Gasteiger partial charge in [-0.05, 0) is 43.0 Å². The third-order valence-corrected chi connectivity index (χ3v) is 5.41. The van der Waals surface area contributed by atoms with Crippen molar-refractivity contribution in [2.45, 2.75) is 32.1 Å². The van der Waals surface area contributed by atoms with Crippen molar-refractivity contribution in [3.63, 3.8) is 0 Å². The topological polar surface area (TPSA) is 75.2 Å². The molecule has 2 rings (SSSR count). The number of carbonyl (C=O) groups excluding carboxylic acids is 1. The molecular formula is C21H35IN4O3. The summed E-state index contributed by atoms with van der Waals surface area (Å²) in [6, 6.07) is 5.79. The van der Waals surface area contributed by atoms with Gasteiger partial charge in [-0.2, -0.15) is 0 Å². The fraction of sp³-hybridized carbons (Fsp3) is 0.619. The van der Waals surface area contributed by atoms with Gasteiger partial charge in [-0.3, -0.25) is 9.79 Å². The predicted molar refractivity (Wildman–Crippen MR) is 128 cm³/mol. The number of nitrogens with zero attached hydrogens (tertiary/aromatic N) is 2. The van der Waals surface area contributed by atoms with Gasteiger partial charge in [-0.15, -0.1) is 24.0 Å². The molecule has 1 aromatic rings. The molecule has 0 unspecified atom stereocenters. The van der Waals surface area contributed by atoms with Crippen LogP contribution in [-0.2, 0) is 11.2 Å². The average molecular weight is 518 g/mol. The second-order valence-electron chi connectivity index (χ2n) is 7.47. The average Bonchev–Trinajstić information content (AvgIpc) is 3.19. The van der Waals surface area contributed by atoms with E-state index in [0.29, 0.717) is 19.0 Å². The molecule has 1 aromatic carbocycles. The third-order valence-electron chi connectivity index (χ3n) is 5.41. The Bertz CT molecular complexity index is 689. The molecule has 7 nitrogen and oxygen atoms in total. The van der Waals surface area contributed by atoms with Gasteiger partial charge >= 0.3 is 0 Å². The summed E-state index contributed by atoms with van der Waals surface area (Å²) in [5.41, 5.74) is 0.747. The van der Waals surface area contributed by atoms with E-state index in [0.717, 1.165) is 49.2 Å². The molecule has 164 valence electrons. The van der Waals surface area contributed by atoms with Crippen LogP contribution in [0.3, 0.4) is 0 Å². The molecule has 2 N–H and O–H groups in total. The highest BCUT2D eigenvalue weighted by molar-refractivity contribution is 14.0.